The average Bonchev–Trinajstić information content (AvgIpc) is 2.77. The van der Waals surface area contributed by atoms with E-state index in [2.05, 4.69) is 10.1 Å². The predicted molar refractivity (Wildman–Crippen MR) is 61.0 cm³/mol. The Kier molecular flexibility index (Phi) is 3.36. The van der Waals surface area contributed by atoms with Crippen LogP contribution in [0, 0.1) is 18.6 Å². The zero-order valence-corrected chi connectivity index (χ0v) is 10.9. The Morgan fingerprint density at radius 1 is 1.32 bits per heavy atom. The van der Waals surface area contributed by atoms with Gasteiger partial charge in [-0.2, -0.15) is 4.98 Å². The largest absolute Gasteiger partial charge is 0.338 e. The summed E-state index contributed by atoms with van der Waals surface area (Å²) in [6.07, 6.45) is 0. The van der Waals surface area contributed by atoms with E-state index in [0.29, 0.717) is 6.07 Å². The summed E-state index contributed by atoms with van der Waals surface area (Å²) in [4.78, 5) is 3.06. The van der Waals surface area contributed by atoms with Crippen LogP contribution in [0.3, 0.4) is 0 Å². The van der Waals surface area contributed by atoms with E-state index >= 15 is 0 Å². The highest BCUT2D eigenvalue weighted by atomic mass is 32.2. The third-order valence-corrected chi connectivity index (χ3v) is 4.61. The quantitative estimate of drug-likeness (QED) is 0.865. The molecule has 0 fully saturated rings. The molecule has 1 aromatic heterocycles. The molecule has 2 aromatic rings. The molecular formula is C11H10F2N2O3S. The molecule has 0 aliphatic heterocycles. The van der Waals surface area contributed by atoms with Gasteiger partial charge in [0.1, 0.15) is 21.8 Å². The summed E-state index contributed by atoms with van der Waals surface area (Å²) < 4.78 is 55.7. The third kappa shape index (κ3) is 2.48. The van der Waals surface area contributed by atoms with Crippen LogP contribution in [0.15, 0.2) is 27.6 Å². The van der Waals surface area contributed by atoms with E-state index in [-0.39, 0.29) is 11.7 Å². The molecule has 1 heterocycles. The molecule has 0 saturated carbocycles. The van der Waals surface area contributed by atoms with Crippen molar-refractivity contribution in [2.24, 2.45) is 0 Å². The van der Waals surface area contributed by atoms with Crippen LogP contribution >= 0.6 is 0 Å². The van der Waals surface area contributed by atoms with E-state index in [1.807, 2.05) is 0 Å². The van der Waals surface area contributed by atoms with Crippen molar-refractivity contribution < 1.29 is 21.7 Å². The molecule has 0 aliphatic carbocycles. The SMILES string of the molecule is Cc1noc(C(C)S(=O)(=O)c2cc(F)ccc2F)n1. The highest BCUT2D eigenvalue weighted by Crippen LogP contribution is 2.29. The van der Waals surface area contributed by atoms with Gasteiger partial charge in [0.05, 0.1) is 0 Å². The second-order valence-corrected chi connectivity index (χ2v) is 6.18. The van der Waals surface area contributed by atoms with E-state index < -0.39 is 31.6 Å². The normalized spacial score (nSPS) is 13.5. The first-order chi connectivity index (χ1) is 8.82. The zero-order valence-electron chi connectivity index (χ0n) is 10.1. The first-order valence-electron chi connectivity index (χ1n) is 5.31. The van der Waals surface area contributed by atoms with Crippen molar-refractivity contribution >= 4 is 9.84 Å². The van der Waals surface area contributed by atoms with Gasteiger partial charge in [0, 0.05) is 0 Å². The maximum absolute atomic E-state index is 13.5. The molecule has 0 saturated heterocycles. The van der Waals surface area contributed by atoms with Crippen LogP contribution in [0.4, 0.5) is 8.78 Å². The lowest BCUT2D eigenvalue weighted by molar-refractivity contribution is 0.372. The van der Waals surface area contributed by atoms with Crippen LogP contribution in [-0.2, 0) is 9.84 Å². The molecule has 19 heavy (non-hydrogen) atoms. The summed E-state index contributed by atoms with van der Waals surface area (Å²) >= 11 is 0. The van der Waals surface area contributed by atoms with E-state index in [1.54, 1.807) is 0 Å². The summed E-state index contributed by atoms with van der Waals surface area (Å²) in [5.41, 5.74) is 0. The Hall–Kier alpha value is -1.83. The number of rotatable bonds is 3. The topological polar surface area (TPSA) is 73.1 Å². The van der Waals surface area contributed by atoms with Crippen molar-refractivity contribution in [3.05, 3.63) is 41.5 Å². The first-order valence-corrected chi connectivity index (χ1v) is 6.86. The second-order valence-electron chi connectivity index (χ2n) is 3.94. The number of aromatic nitrogens is 2. The number of hydrogen-bond donors (Lipinski definition) is 0. The van der Waals surface area contributed by atoms with Crippen molar-refractivity contribution in [3.8, 4) is 0 Å². The molecule has 0 bridgehead atoms. The standard InChI is InChI=1S/C11H10F2N2O3S/c1-6(11-14-7(2)15-18-11)19(16,17)10-5-8(12)3-4-9(10)13/h3-6H,1-2H3. The molecule has 1 atom stereocenters. The minimum atomic E-state index is -4.14. The molecule has 0 aliphatic rings. The molecule has 1 aromatic carbocycles. The molecule has 5 nitrogen and oxygen atoms in total. The van der Waals surface area contributed by atoms with Crippen LogP contribution in [0.5, 0.6) is 0 Å². The number of halogens is 2. The van der Waals surface area contributed by atoms with Gasteiger partial charge < -0.3 is 4.52 Å². The molecule has 0 spiro atoms. The molecule has 0 radical (unpaired) electrons. The maximum Gasteiger partial charge on any atom is 0.245 e. The molecule has 0 N–H and O–H groups in total. The predicted octanol–water partition coefficient (Wildman–Crippen LogP) is 2.19. The Balaban J connectivity index is 2.50. The lowest BCUT2D eigenvalue weighted by atomic mass is 10.3. The fourth-order valence-corrected chi connectivity index (χ4v) is 2.86. The van der Waals surface area contributed by atoms with E-state index in [1.165, 1.54) is 13.8 Å². The summed E-state index contributed by atoms with van der Waals surface area (Å²) in [6.45, 7) is 2.79. The van der Waals surface area contributed by atoms with Crippen molar-refractivity contribution in [2.45, 2.75) is 24.0 Å². The van der Waals surface area contributed by atoms with Gasteiger partial charge in [-0.1, -0.05) is 5.16 Å². The molecule has 8 heteroatoms. The van der Waals surface area contributed by atoms with Gasteiger partial charge >= 0.3 is 0 Å². The molecule has 1 unspecified atom stereocenters. The van der Waals surface area contributed by atoms with Crippen molar-refractivity contribution in [2.75, 3.05) is 0 Å². The van der Waals surface area contributed by atoms with Crippen LogP contribution in [-0.4, -0.2) is 18.6 Å². The van der Waals surface area contributed by atoms with Crippen LogP contribution in [0.1, 0.15) is 23.9 Å². The Bertz CT molecular complexity index is 712. The zero-order chi connectivity index (χ0) is 14.2. The lowest BCUT2D eigenvalue weighted by Crippen LogP contribution is -2.13. The van der Waals surface area contributed by atoms with Crippen molar-refractivity contribution in [1.82, 2.24) is 10.1 Å². The second kappa shape index (κ2) is 4.69. The van der Waals surface area contributed by atoms with Gasteiger partial charge in [-0.05, 0) is 32.0 Å². The van der Waals surface area contributed by atoms with Crippen molar-refractivity contribution in [3.63, 3.8) is 0 Å². The summed E-state index contributed by atoms with van der Waals surface area (Å²) in [5, 5.41) is 2.21. The van der Waals surface area contributed by atoms with Crippen LogP contribution < -0.4 is 0 Å². The van der Waals surface area contributed by atoms with Crippen molar-refractivity contribution in [1.29, 1.82) is 0 Å². The lowest BCUT2D eigenvalue weighted by Gasteiger charge is -2.09. The number of benzene rings is 1. The fraction of sp³-hybridized carbons (Fsp3) is 0.273. The van der Waals surface area contributed by atoms with Gasteiger partial charge in [-0.25, -0.2) is 17.2 Å². The third-order valence-electron chi connectivity index (χ3n) is 2.56. The summed E-state index contributed by atoms with van der Waals surface area (Å²) in [7, 11) is -4.14. The Morgan fingerprint density at radius 3 is 2.58 bits per heavy atom. The van der Waals surface area contributed by atoms with Gasteiger partial charge in [0.2, 0.25) is 5.89 Å². The highest BCUT2D eigenvalue weighted by Gasteiger charge is 2.32. The molecule has 0 amide bonds. The van der Waals surface area contributed by atoms with Gasteiger partial charge in [0.15, 0.2) is 15.7 Å². The number of nitrogens with zero attached hydrogens (tertiary/aromatic N) is 2. The molecule has 2 rings (SSSR count). The first kappa shape index (κ1) is 13.6. The van der Waals surface area contributed by atoms with E-state index in [0.717, 1.165) is 12.1 Å². The number of aryl methyl sites for hydroxylation is 1. The maximum atomic E-state index is 13.5. The minimum Gasteiger partial charge on any atom is -0.338 e. The van der Waals surface area contributed by atoms with Gasteiger partial charge in [0.25, 0.3) is 0 Å². The fourth-order valence-electron chi connectivity index (χ4n) is 1.50. The average molecular weight is 288 g/mol. The monoisotopic (exact) mass is 288 g/mol. The summed E-state index contributed by atoms with van der Waals surface area (Å²) in [5.74, 6) is -1.77. The van der Waals surface area contributed by atoms with E-state index in [4.69, 9.17) is 4.52 Å². The Labute approximate surface area is 108 Å². The van der Waals surface area contributed by atoms with Gasteiger partial charge in [-0.3, -0.25) is 0 Å². The molecular weight excluding hydrogens is 278 g/mol. The summed E-state index contributed by atoms with van der Waals surface area (Å²) in [6, 6.07) is 2.23. The minimum absolute atomic E-state index is 0.166. The smallest absolute Gasteiger partial charge is 0.245 e. The van der Waals surface area contributed by atoms with Crippen LogP contribution in [0.25, 0.3) is 0 Å². The number of sulfone groups is 1. The van der Waals surface area contributed by atoms with E-state index in [9.17, 15) is 17.2 Å². The van der Waals surface area contributed by atoms with Crippen LogP contribution in [0.2, 0.25) is 0 Å². The number of hydrogen-bond acceptors (Lipinski definition) is 5. The molecule has 102 valence electrons. The highest BCUT2D eigenvalue weighted by molar-refractivity contribution is 7.91. The Morgan fingerprint density at radius 2 is 2.00 bits per heavy atom. The van der Waals surface area contributed by atoms with Gasteiger partial charge in [-0.15, -0.1) is 0 Å².